The number of carbonyl (C=O) groups is 2. The van der Waals surface area contributed by atoms with Gasteiger partial charge in [-0.15, -0.1) is 0 Å². The van der Waals surface area contributed by atoms with E-state index in [1.165, 1.54) is 28.8 Å². The molecule has 22 heteroatoms. The minimum Gasteiger partial charge on any atom is -0.447 e. The molecule has 5 aromatic rings. The largest absolute Gasteiger partial charge is 0.447 e. The zero-order chi connectivity index (χ0) is 45.6. The van der Waals surface area contributed by atoms with Gasteiger partial charge in [-0.3, -0.25) is 23.8 Å². The van der Waals surface area contributed by atoms with Crippen LogP contribution in [-0.2, 0) is 51.7 Å². The first-order valence-corrected chi connectivity index (χ1v) is 21.6. The molecule has 8 rings (SSSR count). The van der Waals surface area contributed by atoms with E-state index >= 15 is 8.78 Å². The molecule has 0 bridgehead atoms. The first kappa shape index (κ1) is 43.8. The maximum atomic E-state index is 15.7. The van der Waals surface area contributed by atoms with Crippen molar-refractivity contribution in [1.29, 1.82) is 0 Å². The first-order chi connectivity index (χ1) is 29.4. The van der Waals surface area contributed by atoms with Crippen molar-refractivity contribution in [2.45, 2.75) is 69.3 Å². The van der Waals surface area contributed by atoms with Gasteiger partial charge in [-0.2, -0.15) is 32.1 Å². The van der Waals surface area contributed by atoms with E-state index in [1.807, 2.05) is 0 Å². The molecule has 3 aliphatic rings. The van der Waals surface area contributed by atoms with E-state index in [4.69, 9.17) is 21.3 Å². The minimum absolute atomic E-state index is 0.0143. The van der Waals surface area contributed by atoms with Crippen LogP contribution in [0.15, 0.2) is 42.5 Å². The van der Waals surface area contributed by atoms with Gasteiger partial charge in [0.15, 0.2) is 11.5 Å². The quantitative estimate of drug-likeness (QED) is 0.108. The summed E-state index contributed by atoms with van der Waals surface area (Å²) >= 11 is 6.62. The molecular formula is C41H36ClF7N8O5S. The number of nitrogens with one attached hydrogen (secondary N) is 2. The molecule has 63 heavy (non-hydrogen) atoms. The Labute approximate surface area is 360 Å². The second-order valence-electron chi connectivity index (χ2n) is 16.2. The maximum absolute atomic E-state index is 15.7. The third-order valence-electron chi connectivity index (χ3n) is 11.4. The molecule has 2 amide bonds. The molecular weight excluding hydrogens is 885 g/mol. The molecule has 1 saturated heterocycles. The minimum atomic E-state index is -5.10. The molecule has 332 valence electrons. The number of cyclic esters (lactones) is 1. The van der Waals surface area contributed by atoms with Gasteiger partial charge in [0.05, 0.1) is 40.5 Å². The molecule has 0 radical (unpaired) electrons. The molecule has 13 nitrogen and oxygen atoms in total. The number of pyridine rings is 1. The number of ether oxygens (including phenoxy) is 1. The van der Waals surface area contributed by atoms with Crippen LogP contribution in [0, 0.1) is 29.4 Å². The summed E-state index contributed by atoms with van der Waals surface area (Å²) in [5.41, 5.74) is -3.45. The highest BCUT2D eigenvalue weighted by atomic mass is 35.5. The molecule has 0 unspecified atom stereocenters. The van der Waals surface area contributed by atoms with Crippen molar-refractivity contribution in [3.8, 4) is 23.0 Å². The van der Waals surface area contributed by atoms with Gasteiger partial charge in [0, 0.05) is 35.7 Å². The second kappa shape index (κ2) is 15.4. The molecule has 1 aliphatic heterocycles. The van der Waals surface area contributed by atoms with Gasteiger partial charge >= 0.3 is 12.3 Å². The van der Waals surface area contributed by atoms with E-state index in [9.17, 15) is 40.0 Å². The van der Waals surface area contributed by atoms with E-state index < -0.39 is 99.1 Å². The number of sulfonamides is 1. The van der Waals surface area contributed by atoms with Gasteiger partial charge in [-0.05, 0) is 80.8 Å². The average molecular weight is 921 g/mol. The number of aryl methyl sites for hydroxylation is 1. The summed E-state index contributed by atoms with van der Waals surface area (Å²) in [5, 5.41) is 10.7. The number of benzene rings is 2. The molecule has 4 heterocycles. The lowest BCUT2D eigenvalue weighted by atomic mass is 9.73. The lowest BCUT2D eigenvalue weighted by Gasteiger charge is -2.34. The fraction of sp³-hybridized carbons (Fsp3) is 0.390. The van der Waals surface area contributed by atoms with Crippen molar-refractivity contribution in [3.05, 3.63) is 93.0 Å². The highest BCUT2D eigenvalue weighted by Crippen LogP contribution is 2.64. The molecule has 2 N–H and O–H groups in total. The van der Waals surface area contributed by atoms with E-state index in [0.717, 1.165) is 18.4 Å². The predicted molar refractivity (Wildman–Crippen MR) is 214 cm³/mol. The van der Waals surface area contributed by atoms with Gasteiger partial charge in [-0.1, -0.05) is 23.6 Å². The van der Waals surface area contributed by atoms with Crippen molar-refractivity contribution in [3.63, 3.8) is 0 Å². The van der Waals surface area contributed by atoms with Crippen LogP contribution in [0.3, 0.4) is 0 Å². The van der Waals surface area contributed by atoms with Crippen LogP contribution in [-0.4, -0.2) is 74.8 Å². The lowest BCUT2D eigenvalue weighted by molar-refractivity contribution is -0.144. The number of halogens is 8. The summed E-state index contributed by atoms with van der Waals surface area (Å²) in [6, 6.07) is 7.21. The van der Waals surface area contributed by atoms with Crippen molar-refractivity contribution >= 4 is 50.3 Å². The summed E-state index contributed by atoms with van der Waals surface area (Å²) < 4.78 is 137. The van der Waals surface area contributed by atoms with Crippen LogP contribution >= 0.6 is 11.6 Å². The van der Waals surface area contributed by atoms with Crippen molar-refractivity contribution in [1.82, 2.24) is 34.8 Å². The summed E-state index contributed by atoms with van der Waals surface area (Å²) in [4.78, 5) is 32.8. The first-order valence-electron chi connectivity index (χ1n) is 19.4. The number of fused-ring (bicyclic) bond motifs is 4. The molecule has 2 fully saturated rings. The fourth-order valence-electron chi connectivity index (χ4n) is 8.58. The van der Waals surface area contributed by atoms with Crippen molar-refractivity contribution in [2.75, 3.05) is 24.1 Å². The summed E-state index contributed by atoms with van der Waals surface area (Å²) in [5.74, 6) is -3.46. The van der Waals surface area contributed by atoms with Gasteiger partial charge in [0.2, 0.25) is 15.9 Å². The molecule has 2 aromatic carbocycles. The average Bonchev–Trinajstić information content (AvgIpc) is 3.87. The summed E-state index contributed by atoms with van der Waals surface area (Å²) in [6.45, 7) is 2.63. The third kappa shape index (κ3) is 8.14. The standard InChI is InChI=1S/C41H36ClF7N8O5S/c1-39(2,56-13-14-62-38(56)59)12-11-23-5-6-24(25-8-10-28(42)32-34(25)55(3)53-37(32)54-63(4,60)61)33(50-23)29(17-20-15-21(43)18-22(44)16-20)51-30(58)19-57-36-31(35(52-57)41(47,48)49)26-7-9-27(26)40(36,45)46/h5-6,8,10,15-16,18,26-27,29H,7,9,13-14,17,19H2,1-4H3,(H,51,58)(H,53,54)/t26-,27+,29-/m0/s1. The SMILES string of the molecule is Cn1nc(NS(C)(=O)=O)c2c(Cl)ccc(-c3ccc(C#CC(C)(C)N4CCOC4=O)nc3[C@H](Cc3cc(F)cc(F)c3)NC(=O)Cn3nc(C(F)(F)F)c4c3C(F)(F)[C@@H]3CC[C@H]43)c21. The van der Waals surface area contributed by atoms with E-state index in [0.29, 0.717) is 16.3 Å². The molecule has 0 spiro atoms. The van der Waals surface area contributed by atoms with E-state index in [2.05, 4.69) is 32.1 Å². The third-order valence-corrected chi connectivity index (χ3v) is 12.3. The molecule has 3 atom stereocenters. The van der Waals surface area contributed by atoms with Crippen LogP contribution in [0.2, 0.25) is 5.02 Å². The normalized spacial score (nSPS) is 18.6. The maximum Gasteiger partial charge on any atom is 0.435 e. The van der Waals surface area contributed by atoms with Crippen LogP contribution < -0.4 is 10.0 Å². The van der Waals surface area contributed by atoms with Crippen LogP contribution in [0.5, 0.6) is 0 Å². The van der Waals surface area contributed by atoms with Crippen molar-refractivity contribution in [2.24, 2.45) is 13.0 Å². The number of carbonyl (C=O) groups excluding carboxylic acids is 2. The predicted octanol–water partition coefficient (Wildman–Crippen LogP) is 7.44. The Bertz CT molecular complexity index is 2890. The smallest absolute Gasteiger partial charge is 0.435 e. The monoisotopic (exact) mass is 920 g/mol. The number of anilines is 1. The lowest BCUT2D eigenvalue weighted by Crippen LogP contribution is -2.43. The van der Waals surface area contributed by atoms with Crippen LogP contribution in [0.25, 0.3) is 22.0 Å². The number of alkyl halides is 5. The summed E-state index contributed by atoms with van der Waals surface area (Å²) in [7, 11) is -2.37. The van der Waals surface area contributed by atoms with E-state index in [-0.39, 0.29) is 70.3 Å². The Hall–Kier alpha value is -5.88. The van der Waals surface area contributed by atoms with Crippen molar-refractivity contribution < 1.29 is 53.5 Å². The van der Waals surface area contributed by atoms with E-state index in [1.54, 1.807) is 26.0 Å². The Morgan fingerprint density at radius 2 is 1.76 bits per heavy atom. The van der Waals surface area contributed by atoms with Gasteiger partial charge in [0.1, 0.15) is 41.7 Å². The second-order valence-corrected chi connectivity index (χ2v) is 18.3. The fourth-order valence-corrected chi connectivity index (χ4v) is 9.32. The van der Waals surface area contributed by atoms with Crippen LogP contribution in [0.4, 0.5) is 41.3 Å². The molecule has 3 aromatic heterocycles. The molecule has 2 aliphatic carbocycles. The number of aromatic nitrogens is 5. The number of hydrogen-bond donors (Lipinski definition) is 2. The zero-order valence-corrected chi connectivity index (χ0v) is 35.2. The topological polar surface area (TPSA) is 153 Å². The summed E-state index contributed by atoms with van der Waals surface area (Å²) in [6.07, 6.45) is -5.13. The number of hydrogen-bond acceptors (Lipinski definition) is 8. The van der Waals surface area contributed by atoms with Gasteiger partial charge in [0.25, 0.3) is 5.92 Å². The van der Waals surface area contributed by atoms with Gasteiger partial charge in [-0.25, -0.2) is 27.0 Å². The number of nitrogens with zero attached hydrogens (tertiary/aromatic N) is 6. The Morgan fingerprint density at radius 1 is 1.06 bits per heavy atom. The highest BCUT2D eigenvalue weighted by Gasteiger charge is 2.63. The Kier molecular flexibility index (Phi) is 10.7. The Morgan fingerprint density at radius 3 is 2.38 bits per heavy atom. The number of rotatable bonds is 10. The van der Waals surface area contributed by atoms with Crippen LogP contribution in [0.1, 0.15) is 72.6 Å². The molecule has 1 saturated carbocycles. The van der Waals surface area contributed by atoms with Gasteiger partial charge < -0.3 is 10.1 Å². The number of amides is 2. The zero-order valence-electron chi connectivity index (χ0n) is 33.7. The Balaban J connectivity index is 1.29. The highest BCUT2D eigenvalue weighted by molar-refractivity contribution is 7.92.